The van der Waals surface area contributed by atoms with E-state index in [1.54, 1.807) is 24.3 Å². The van der Waals surface area contributed by atoms with Crippen molar-refractivity contribution in [3.05, 3.63) is 58.9 Å². The number of carbonyl (C=O) groups excluding carboxylic acids is 3. The Morgan fingerprint density at radius 3 is 2.59 bits per heavy atom. The zero-order valence-corrected chi connectivity index (χ0v) is 17.7. The molecule has 3 atom stereocenters. The predicted molar refractivity (Wildman–Crippen MR) is 118 cm³/mol. The van der Waals surface area contributed by atoms with Crippen LogP contribution in [0.4, 0.5) is 15.8 Å². The number of hydrogen-bond donors (Lipinski definition) is 4. The van der Waals surface area contributed by atoms with E-state index in [1.807, 2.05) is 0 Å². The number of carbonyl (C=O) groups is 3. The second-order valence-corrected chi connectivity index (χ2v) is 8.25. The van der Waals surface area contributed by atoms with Crippen molar-refractivity contribution in [1.29, 1.82) is 5.41 Å². The van der Waals surface area contributed by atoms with Crippen molar-refractivity contribution in [2.45, 2.75) is 24.9 Å². The van der Waals surface area contributed by atoms with E-state index in [2.05, 4.69) is 10.6 Å². The molecule has 1 aliphatic heterocycles. The van der Waals surface area contributed by atoms with E-state index >= 15 is 0 Å². The molecule has 1 heterocycles. The summed E-state index contributed by atoms with van der Waals surface area (Å²) in [6.45, 7) is -0.137. The predicted octanol–water partition coefficient (Wildman–Crippen LogP) is 2.37. The van der Waals surface area contributed by atoms with Gasteiger partial charge in [0.1, 0.15) is 11.8 Å². The molecule has 8 nitrogen and oxygen atoms in total. The number of fused-ring (bicyclic) bond motifs is 1. The summed E-state index contributed by atoms with van der Waals surface area (Å²) in [5.74, 6) is -2.13. The van der Waals surface area contributed by atoms with E-state index < -0.39 is 23.7 Å². The Bertz CT molecular complexity index is 1120. The molecule has 2 aromatic rings. The van der Waals surface area contributed by atoms with Crippen LogP contribution >= 0.6 is 11.6 Å². The molecule has 5 N–H and O–H groups in total. The van der Waals surface area contributed by atoms with Gasteiger partial charge in [0.2, 0.25) is 11.8 Å². The third kappa shape index (κ3) is 4.16. The van der Waals surface area contributed by atoms with Gasteiger partial charge in [-0.05, 0) is 37.0 Å². The largest absolute Gasteiger partial charge is 0.376 e. The summed E-state index contributed by atoms with van der Waals surface area (Å²) >= 11 is 5.78. The number of rotatable bonds is 7. The SMILES string of the molecule is N=C(C(N)=O)c1ccccc1NCC(=O)N1[C@@H]2C[C@@H]2C[C@H]1C(=O)Nc1cccc(Cl)c1F. The van der Waals surface area contributed by atoms with Crippen LogP contribution in [-0.4, -0.2) is 47.0 Å². The molecule has 0 aromatic heterocycles. The zero-order chi connectivity index (χ0) is 23.0. The molecule has 1 aliphatic carbocycles. The van der Waals surface area contributed by atoms with Crippen molar-refractivity contribution < 1.29 is 18.8 Å². The second-order valence-electron chi connectivity index (χ2n) is 7.84. The third-order valence-corrected chi connectivity index (χ3v) is 6.07. The van der Waals surface area contributed by atoms with E-state index in [0.29, 0.717) is 12.1 Å². The first kappa shape index (κ1) is 21.8. The number of piperidine rings is 1. The van der Waals surface area contributed by atoms with Gasteiger partial charge >= 0.3 is 0 Å². The van der Waals surface area contributed by atoms with Crippen molar-refractivity contribution in [2.24, 2.45) is 11.7 Å². The minimum atomic E-state index is -0.879. The van der Waals surface area contributed by atoms with Crippen molar-refractivity contribution in [3.63, 3.8) is 0 Å². The molecule has 0 radical (unpaired) electrons. The quantitative estimate of drug-likeness (QED) is 0.476. The fourth-order valence-electron chi connectivity index (χ4n) is 4.12. The molecule has 32 heavy (non-hydrogen) atoms. The first-order valence-electron chi connectivity index (χ1n) is 10.1. The lowest BCUT2D eigenvalue weighted by atomic mass is 10.1. The van der Waals surface area contributed by atoms with Crippen molar-refractivity contribution in [2.75, 3.05) is 17.2 Å². The van der Waals surface area contributed by atoms with Crippen molar-refractivity contribution >= 4 is 46.4 Å². The summed E-state index contributed by atoms with van der Waals surface area (Å²) in [6, 6.07) is 10.1. The summed E-state index contributed by atoms with van der Waals surface area (Å²) in [5, 5.41) is 13.2. The van der Waals surface area contributed by atoms with Crippen LogP contribution in [0.5, 0.6) is 0 Å². The maximum atomic E-state index is 14.2. The van der Waals surface area contributed by atoms with Crippen LogP contribution in [0.15, 0.2) is 42.5 Å². The number of hydrogen-bond acceptors (Lipinski definition) is 5. The standard InChI is InChI=1S/C22H21ClFN5O3/c23-13-5-3-7-15(19(13)24)28-22(32)17-9-11-8-16(11)29(17)18(30)10-27-14-6-2-1-4-12(14)20(25)21(26)31/h1-7,11,16-17,25,27H,8-10H2,(H2,26,31)(H,28,32)/t11-,16-,17+/m1/s1. The van der Waals surface area contributed by atoms with Crippen LogP contribution < -0.4 is 16.4 Å². The molecule has 2 fully saturated rings. The Labute approximate surface area is 188 Å². The number of likely N-dealkylation sites (tertiary alicyclic amines) is 1. The highest BCUT2D eigenvalue weighted by Gasteiger charge is 2.55. The van der Waals surface area contributed by atoms with Gasteiger partial charge in [0, 0.05) is 17.3 Å². The molecule has 0 spiro atoms. The first-order chi connectivity index (χ1) is 15.3. The first-order valence-corrected chi connectivity index (χ1v) is 10.4. The Kier molecular flexibility index (Phi) is 5.84. The number of benzene rings is 2. The number of nitrogens with one attached hydrogen (secondary N) is 3. The summed E-state index contributed by atoms with van der Waals surface area (Å²) in [4.78, 5) is 38.8. The van der Waals surface area contributed by atoms with Crippen LogP contribution in [0, 0.1) is 17.1 Å². The Hall–Kier alpha value is -3.46. The van der Waals surface area contributed by atoms with Gasteiger partial charge in [0.25, 0.3) is 5.91 Å². The molecule has 166 valence electrons. The van der Waals surface area contributed by atoms with Crippen LogP contribution in [0.3, 0.4) is 0 Å². The number of anilines is 2. The smallest absolute Gasteiger partial charge is 0.267 e. The summed E-state index contributed by atoms with van der Waals surface area (Å²) < 4.78 is 14.2. The summed E-state index contributed by atoms with van der Waals surface area (Å²) in [6.07, 6.45) is 1.33. The number of primary amides is 1. The Balaban J connectivity index is 1.45. The minimum absolute atomic E-state index is 0.0246. The van der Waals surface area contributed by atoms with Crippen LogP contribution in [0.25, 0.3) is 0 Å². The average molecular weight is 458 g/mol. The van der Waals surface area contributed by atoms with Gasteiger partial charge in [-0.15, -0.1) is 0 Å². The number of para-hydroxylation sites is 1. The third-order valence-electron chi connectivity index (χ3n) is 5.78. The van der Waals surface area contributed by atoms with E-state index in [1.165, 1.54) is 23.1 Å². The highest BCUT2D eigenvalue weighted by Crippen LogP contribution is 2.48. The van der Waals surface area contributed by atoms with Gasteiger partial charge in [-0.1, -0.05) is 35.9 Å². The number of nitrogens with two attached hydrogens (primary N) is 1. The van der Waals surface area contributed by atoms with E-state index in [4.69, 9.17) is 22.7 Å². The maximum Gasteiger partial charge on any atom is 0.267 e. The topological polar surface area (TPSA) is 128 Å². The molecule has 2 aromatic carbocycles. The van der Waals surface area contributed by atoms with E-state index in [9.17, 15) is 18.8 Å². The number of amides is 3. The summed E-state index contributed by atoms with van der Waals surface area (Å²) in [5.41, 5.74) is 5.50. The van der Waals surface area contributed by atoms with Crippen molar-refractivity contribution in [3.8, 4) is 0 Å². The lowest BCUT2D eigenvalue weighted by Gasteiger charge is -2.27. The Morgan fingerprint density at radius 2 is 1.84 bits per heavy atom. The fourth-order valence-corrected chi connectivity index (χ4v) is 4.29. The average Bonchev–Trinajstić information content (AvgIpc) is 3.44. The van der Waals surface area contributed by atoms with Crippen LogP contribution in [0.2, 0.25) is 5.02 Å². The molecule has 4 rings (SSSR count). The number of halogens is 2. The molecule has 2 aliphatic rings. The molecule has 0 bridgehead atoms. The van der Waals surface area contributed by atoms with Gasteiger partial charge in [0.05, 0.1) is 17.3 Å². The van der Waals surface area contributed by atoms with Gasteiger partial charge < -0.3 is 21.3 Å². The monoisotopic (exact) mass is 457 g/mol. The molecular formula is C22H21ClFN5O3. The van der Waals surface area contributed by atoms with Gasteiger partial charge in [-0.25, -0.2) is 4.39 Å². The molecule has 3 amide bonds. The van der Waals surface area contributed by atoms with Gasteiger partial charge in [-0.2, -0.15) is 0 Å². The normalized spacial score (nSPS) is 20.9. The van der Waals surface area contributed by atoms with E-state index in [0.717, 1.165) is 6.42 Å². The molecule has 1 saturated carbocycles. The van der Waals surface area contributed by atoms with E-state index in [-0.39, 0.29) is 46.4 Å². The van der Waals surface area contributed by atoms with Gasteiger partial charge in [0.15, 0.2) is 5.82 Å². The van der Waals surface area contributed by atoms with Gasteiger partial charge in [-0.3, -0.25) is 19.8 Å². The highest BCUT2D eigenvalue weighted by atomic mass is 35.5. The van der Waals surface area contributed by atoms with Crippen LogP contribution in [-0.2, 0) is 14.4 Å². The minimum Gasteiger partial charge on any atom is -0.376 e. The lowest BCUT2D eigenvalue weighted by molar-refractivity contribution is -0.136. The summed E-state index contributed by atoms with van der Waals surface area (Å²) in [7, 11) is 0. The molecule has 1 saturated heterocycles. The lowest BCUT2D eigenvalue weighted by Crippen LogP contribution is -2.47. The van der Waals surface area contributed by atoms with Crippen molar-refractivity contribution in [1.82, 2.24) is 4.90 Å². The highest BCUT2D eigenvalue weighted by molar-refractivity contribution is 6.44. The molecule has 10 heteroatoms. The second kappa shape index (κ2) is 8.58. The fraction of sp³-hybridized carbons (Fsp3) is 0.273. The molecule has 0 unspecified atom stereocenters. The maximum absolute atomic E-state index is 14.2. The van der Waals surface area contributed by atoms with Crippen LogP contribution in [0.1, 0.15) is 18.4 Å². The number of nitrogens with zero attached hydrogens (tertiary/aromatic N) is 1. The molecular weight excluding hydrogens is 437 g/mol. The zero-order valence-electron chi connectivity index (χ0n) is 16.9. The Morgan fingerprint density at radius 1 is 1.12 bits per heavy atom.